The maximum atomic E-state index is 5.38. The van der Waals surface area contributed by atoms with Gasteiger partial charge in [-0.05, 0) is 12.5 Å². The molecule has 0 aliphatic heterocycles. The third kappa shape index (κ3) is 7.92. The highest BCUT2D eigenvalue weighted by molar-refractivity contribution is 6.27. The van der Waals surface area contributed by atoms with Gasteiger partial charge in [0.2, 0.25) is 0 Å². The number of unbranched alkanes of at least 4 members (excludes halogenated alkanes) is 1. The first kappa shape index (κ1) is 8.92. The lowest BCUT2D eigenvalue weighted by Gasteiger charge is -1.98. The third-order valence-electron chi connectivity index (χ3n) is 1.11. The summed E-state index contributed by atoms with van der Waals surface area (Å²) in [5.74, 6) is 0. The zero-order valence-corrected chi connectivity index (χ0v) is 7.64. The van der Waals surface area contributed by atoms with Crippen LogP contribution in [0.5, 0.6) is 0 Å². The van der Waals surface area contributed by atoms with E-state index in [0.717, 1.165) is 12.7 Å². The predicted molar refractivity (Wildman–Crippen MR) is 44.4 cm³/mol. The van der Waals surface area contributed by atoms with Gasteiger partial charge in [0.15, 0.2) is 9.76 Å². The Balaban J connectivity index is 2.66. The average Bonchev–Trinajstić information content (AvgIpc) is 1.89. The van der Waals surface area contributed by atoms with Gasteiger partial charge in [0.1, 0.15) is 0 Å². The summed E-state index contributed by atoms with van der Waals surface area (Å²) in [6.45, 7) is 6.78. The van der Waals surface area contributed by atoms with Gasteiger partial charge in [0, 0.05) is 6.61 Å². The summed E-state index contributed by atoms with van der Waals surface area (Å²) in [5.41, 5.74) is 0. The Bertz CT molecular complexity index is 63.9. The molecule has 0 atom stereocenters. The Morgan fingerprint density at radius 2 is 2.44 bits per heavy atom. The Morgan fingerprint density at radius 1 is 1.67 bits per heavy atom. The Labute approximate surface area is 60.1 Å². The van der Waals surface area contributed by atoms with E-state index in [0.29, 0.717) is 0 Å². The first-order valence-corrected chi connectivity index (χ1v) is 5.18. The minimum atomic E-state index is -0.227. The largest absolute Gasteiger partial charge is 0.424 e. The molecule has 0 rings (SSSR count). The van der Waals surface area contributed by atoms with Crippen molar-refractivity contribution in [1.29, 1.82) is 0 Å². The zero-order chi connectivity index (χ0) is 6.95. The lowest BCUT2D eigenvalue weighted by molar-refractivity contribution is 0.327. The summed E-state index contributed by atoms with van der Waals surface area (Å²) in [7, 11) is -0.227. The van der Waals surface area contributed by atoms with Gasteiger partial charge >= 0.3 is 0 Å². The lowest BCUT2D eigenvalue weighted by atomic mass is 10.4. The van der Waals surface area contributed by atoms with E-state index in [1.807, 2.05) is 6.08 Å². The van der Waals surface area contributed by atoms with Gasteiger partial charge in [0.05, 0.1) is 0 Å². The molecule has 0 spiro atoms. The average molecular weight is 144 g/mol. The van der Waals surface area contributed by atoms with Crippen LogP contribution >= 0.6 is 0 Å². The van der Waals surface area contributed by atoms with Crippen molar-refractivity contribution in [2.45, 2.75) is 25.8 Å². The highest BCUT2D eigenvalue weighted by atomic mass is 28.2. The zero-order valence-electron chi connectivity index (χ0n) is 6.23. The van der Waals surface area contributed by atoms with Crippen molar-refractivity contribution < 1.29 is 4.43 Å². The van der Waals surface area contributed by atoms with Crippen molar-refractivity contribution >= 4 is 9.76 Å². The normalized spacial score (nSPS) is 10.8. The fourth-order valence-corrected chi connectivity index (χ4v) is 1.26. The van der Waals surface area contributed by atoms with Crippen molar-refractivity contribution in [3.8, 4) is 0 Å². The van der Waals surface area contributed by atoms with E-state index in [4.69, 9.17) is 4.43 Å². The molecule has 0 saturated heterocycles. The smallest absolute Gasteiger partial charge is 0.165 e. The molecule has 0 heterocycles. The second-order valence-corrected chi connectivity index (χ2v) is 3.44. The van der Waals surface area contributed by atoms with E-state index < -0.39 is 0 Å². The molecule has 0 amide bonds. The molecule has 54 valence electrons. The maximum absolute atomic E-state index is 5.38. The standard InChI is InChI=1S/C7H16OSi/c1-3-5-6-8-9-7-4-2/h4H,2-3,5-7,9H2,1H3. The molecule has 0 unspecified atom stereocenters. The first-order valence-electron chi connectivity index (χ1n) is 3.60. The van der Waals surface area contributed by atoms with Gasteiger partial charge in [-0.2, -0.15) is 0 Å². The van der Waals surface area contributed by atoms with E-state index in [9.17, 15) is 0 Å². The summed E-state index contributed by atoms with van der Waals surface area (Å²) < 4.78 is 5.38. The van der Waals surface area contributed by atoms with E-state index in [1.165, 1.54) is 12.8 Å². The summed E-state index contributed by atoms with van der Waals surface area (Å²) in [4.78, 5) is 0. The monoisotopic (exact) mass is 144 g/mol. The molecular formula is C7H16OSi. The van der Waals surface area contributed by atoms with Crippen LogP contribution in [0, 0.1) is 0 Å². The number of hydrogen-bond acceptors (Lipinski definition) is 1. The molecule has 9 heavy (non-hydrogen) atoms. The van der Waals surface area contributed by atoms with Crippen LogP contribution in [0.15, 0.2) is 12.7 Å². The first-order chi connectivity index (χ1) is 4.41. The topological polar surface area (TPSA) is 9.23 Å². The SMILES string of the molecule is C=CC[SiH2]OCCCC. The van der Waals surface area contributed by atoms with Crippen LogP contribution in [0.3, 0.4) is 0 Å². The molecule has 0 radical (unpaired) electrons. The van der Waals surface area contributed by atoms with Gasteiger partial charge in [-0.3, -0.25) is 0 Å². The van der Waals surface area contributed by atoms with E-state index in [1.54, 1.807) is 0 Å². The van der Waals surface area contributed by atoms with Crippen LogP contribution in [0.4, 0.5) is 0 Å². The van der Waals surface area contributed by atoms with Crippen molar-refractivity contribution in [3.05, 3.63) is 12.7 Å². The molecule has 0 N–H and O–H groups in total. The molecule has 0 saturated carbocycles. The summed E-state index contributed by atoms with van der Waals surface area (Å²) in [5, 5.41) is 0. The van der Waals surface area contributed by atoms with E-state index in [-0.39, 0.29) is 9.76 Å². The molecule has 2 heteroatoms. The summed E-state index contributed by atoms with van der Waals surface area (Å²) >= 11 is 0. The molecule has 0 aromatic rings. The molecular weight excluding hydrogens is 128 g/mol. The van der Waals surface area contributed by atoms with Gasteiger partial charge in [-0.15, -0.1) is 6.58 Å². The van der Waals surface area contributed by atoms with Crippen LogP contribution in [0.1, 0.15) is 19.8 Å². The predicted octanol–water partition coefficient (Wildman–Crippen LogP) is 1.49. The van der Waals surface area contributed by atoms with Crippen LogP contribution in [0.25, 0.3) is 0 Å². The molecule has 1 nitrogen and oxygen atoms in total. The van der Waals surface area contributed by atoms with Crippen LogP contribution in [-0.2, 0) is 4.43 Å². The van der Waals surface area contributed by atoms with E-state index in [2.05, 4.69) is 13.5 Å². The minimum absolute atomic E-state index is 0.227. The quantitative estimate of drug-likeness (QED) is 0.312. The van der Waals surface area contributed by atoms with Crippen LogP contribution < -0.4 is 0 Å². The van der Waals surface area contributed by atoms with Crippen LogP contribution in [-0.4, -0.2) is 16.4 Å². The fourth-order valence-electron chi connectivity index (χ4n) is 0.515. The second-order valence-electron chi connectivity index (χ2n) is 2.04. The fraction of sp³-hybridized carbons (Fsp3) is 0.714. The minimum Gasteiger partial charge on any atom is -0.424 e. The Hall–Kier alpha value is -0.0831. The van der Waals surface area contributed by atoms with E-state index >= 15 is 0 Å². The van der Waals surface area contributed by atoms with Gasteiger partial charge in [-0.25, -0.2) is 0 Å². The molecule has 0 aliphatic rings. The second kappa shape index (κ2) is 7.92. The number of rotatable bonds is 6. The number of hydrogen-bond donors (Lipinski definition) is 0. The summed E-state index contributed by atoms with van der Waals surface area (Å²) in [6.07, 6.45) is 4.39. The molecule has 0 aliphatic carbocycles. The molecule has 0 aromatic heterocycles. The Morgan fingerprint density at radius 3 is 3.00 bits per heavy atom. The van der Waals surface area contributed by atoms with Crippen molar-refractivity contribution in [2.75, 3.05) is 6.61 Å². The molecule has 0 aromatic carbocycles. The maximum Gasteiger partial charge on any atom is 0.165 e. The molecule has 0 fully saturated rings. The van der Waals surface area contributed by atoms with Gasteiger partial charge < -0.3 is 4.43 Å². The third-order valence-corrected chi connectivity index (χ3v) is 2.33. The lowest BCUT2D eigenvalue weighted by Crippen LogP contribution is -1.97. The molecule has 0 bridgehead atoms. The highest BCUT2D eigenvalue weighted by Gasteiger charge is 1.84. The van der Waals surface area contributed by atoms with Crippen molar-refractivity contribution in [1.82, 2.24) is 0 Å². The highest BCUT2D eigenvalue weighted by Crippen LogP contribution is 1.88. The van der Waals surface area contributed by atoms with Gasteiger partial charge in [0.25, 0.3) is 0 Å². The number of allylic oxidation sites excluding steroid dienone is 1. The Kier molecular flexibility index (Phi) is 7.84. The van der Waals surface area contributed by atoms with Gasteiger partial charge in [-0.1, -0.05) is 19.4 Å². The summed E-state index contributed by atoms with van der Waals surface area (Å²) in [6, 6.07) is 1.11. The van der Waals surface area contributed by atoms with Crippen molar-refractivity contribution in [2.24, 2.45) is 0 Å². The van der Waals surface area contributed by atoms with Crippen LogP contribution in [0.2, 0.25) is 6.04 Å². The van der Waals surface area contributed by atoms with Crippen molar-refractivity contribution in [3.63, 3.8) is 0 Å².